The lowest BCUT2D eigenvalue weighted by molar-refractivity contribution is 0.574. The molecule has 6 aromatic heterocycles. The summed E-state index contributed by atoms with van der Waals surface area (Å²) in [6.45, 7) is 0. The third-order valence-corrected chi connectivity index (χ3v) is 7.28. The summed E-state index contributed by atoms with van der Waals surface area (Å²) in [5.74, 6) is 0. The van der Waals surface area contributed by atoms with Crippen LogP contribution in [0.15, 0.2) is 89.9 Å². The summed E-state index contributed by atoms with van der Waals surface area (Å²) >= 11 is 0. The Morgan fingerprint density at radius 2 is 1.22 bits per heavy atom. The number of nitrogens with zero attached hydrogens (tertiary/aromatic N) is 4. The molecule has 3 aromatic carbocycles. The molecule has 0 aliphatic rings. The molecule has 7 heteroatoms. The van der Waals surface area contributed by atoms with Crippen LogP contribution in [0.25, 0.3) is 82.5 Å². The van der Waals surface area contributed by atoms with Gasteiger partial charge in [0, 0.05) is 79.2 Å². The lowest BCUT2D eigenvalue weighted by Gasteiger charge is -2.02. The zero-order valence-corrected chi connectivity index (χ0v) is 18.8. The molecule has 0 saturated carbocycles. The summed E-state index contributed by atoms with van der Waals surface area (Å²) in [6.07, 6.45) is 7.45. The predicted molar refractivity (Wildman–Crippen MR) is 143 cm³/mol. The van der Waals surface area contributed by atoms with Gasteiger partial charge in [-0.05, 0) is 48.5 Å². The molecule has 0 aliphatic heterocycles. The molecular weight excluding hydrogens is 448 g/mol. The Bertz CT molecular complexity index is 2170. The van der Waals surface area contributed by atoms with E-state index >= 15 is 0 Å². The SMILES string of the molecule is c1ccc2oc(-n3c4cc5c(cc4c4cc6[nH]c7ccncc7c6cc43)[nH]c3ccncc35)nc2c1. The van der Waals surface area contributed by atoms with Gasteiger partial charge in [-0.2, -0.15) is 4.98 Å². The van der Waals surface area contributed by atoms with Crippen molar-refractivity contribution in [2.45, 2.75) is 0 Å². The Morgan fingerprint density at radius 1 is 0.611 bits per heavy atom. The van der Waals surface area contributed by atoms with Crippen molar-refractivity contribution in [2.24, 2.45) is 0 Å². The van der Waals surface area contributed by atoms with Gasteiger partial charge in [0.2, 0.25) is 0 Å². The van der Waals surface area contributed by atoms with E-state index in [2.05, 4.69) is 48.8 Å². The number of H-pyrrole nitrogens is 2. The second-order valence-corrected chi connectivity index (χ2v) is 9.22. The van der Waals surface area contributed by atoms with Crippen molar-refractivity contribution >= 4 is 76.5 Å². The van der Waals surface area contributed by atoms with Gasteiger partial charge in [-0.1, -0.05) is 12.1 Å². The van der Waals surface area contributed by atoms with Gasteiger partial charge in [0.05, 0.1) is 11.0 Å². The van der Waals surface area contributed by atoms with Gasteiger partial charge in [0.1, 0.15) is 5.52 Å². The number of nitrogens with one attached hydrogen (secondary N) is 2. The Hall–Kier alpha value is -5.17. The number of fused-ring (bicyclic) bond motifs is 10. The van der Waals surface area contributed by atoms with Crippen LogP contribution in [-0.4, -0.2) is 29.5 Å². The number of hydrogen-bond acceptors (Lipinski definition) is 4. The summed E-state index contributed by atoms with van der Waals surface area (Å²) < 4.78 is 8.44. The molecular formula is C29H16N6O. The first-order chi connectivity index (χ1) is 17.8. The Morgan fingerprint density at radius 3 is 1.83 bits per heavy atom. The van der Waals surface area contributed by atoms with E-state index in [9.17, 15) is 0 Å². The predicted octanol–water partition coefficient (Wildman–Crippen LogP) is 6.98. The molecule has 7 nitrogen and oxygen atoms in total. The van der Waals surface area contributed by atoms with Crippen molar-refractivity contribution < 1.29 is 4.42 Å². The number of pyridine rings is 2. The molecule has 0 bridgehead atoms. The van der Waals surface area contributed by atoms with Gasteiger partial charge >= 0.3 is 6.01 Å². The third-order valence-electron chi connectivity index (χ3n) is 7.28. The largest absolute Gasteiger partial charge is 0.423 e. The average molecular weight is 464 g/mol. The minimum Gasteiger partial charge on any atom is -0.423 e. The zero-order chi connectivity index (χ0) is 23.4. The van der Waals surface area contributed by atoms with Gasteiger partial charge in [-0.25, -0.2) is 0 Å². The van der Waals surface area contributed by atoms with E-state index in [1.165, 1.54) is 0 Å². The van der Waals surface area contributed by atoms with Crippen molar-refractivity contribution in [2.75, 3.05) is 0 Å². The molecule has 0 amide bonds. The van der Waals surface area contributed by atoms with Gasteiger partial charge in [0.25, 0.3) is 0 Å². The lowest BCUT2D eigenvalue weighted by Crippen LogP contribution is -1.93. The van der Waals surface area contributed by atoms with Crippen LogP contribution in [0.3, 0.4) is 0 Å². The van der Waals surface area contributed by atoms with Crippen molar-refractivity contribution in [1.29, 1.82) is 0 Å². The van der Waals surface area contributed by atoms with Crippen molar-refractivity contribution in [3.05, 3.63) is 85.5 Å². The van der Waals surface area contributed by atoms with Gasteiger partial charge in [-0.3, -0.25) is 14.5 Å². The first kappa shape index (κ1) is 18.2. The maximum Gasteiger partial charge on any atom is 0.307 e. The highest BCUT2D eigenvalue weighted by Gasteiger charge is 2.20. The Labute approximate surface area is 202 Å². The highest BCUT2D eigenvalue weighted by atomic mass is 16.4. The molecule has 0 aliphatic carbocycles. The van der Waals surface area contributed by atoms with E-state index in [1.807, 2.05) is 61.2 Å². The molecule has 0 fully saturated rings. The van der Waals surface area contributed by atoms with Crippen molar-refractivity contribution in [3.63, 3.8) is 0 Å². The highest BCUT2D eigenvalue weighted by Crippen LogP contribution is 2.39. The normalized spacial score (nSPS) is 12.4. The molecule has 6 heterocycles. The standard InChI is InChI=1S/C29H16N6O/c1-2-4-28-23(3-1)34-29(36-28)35-26-11-15-19-13-30-7-5-21(19)32-24(15)9-17(26)18-10-25-16(12-27(18)35)20-14-31-8-6-22(20)33-25/h1-14,32-33H. The van der Waals surface area contributed by atoms with E-state index in [0.29, 0.717) is 6.01 Å². The van der Waals surface area contributed by atoms with Crippen LogP contribution in [0.1, 0.15) is 0 Å². The number of para-hydroxylation sites is 2. The van der Waals surface area contributed by atoms with Crippen LogP contribution in [-0.2, 0) is 0 Å². The molecule has 9 rings (SSSR count). The van der Waals surface area contributed by atoms with Gasteiger partial charge < -0.3 is 14.4 Å². The summed E-state index contributed by atoms with van der Waals surface area (Å²) in [7, 11) is 0. The maximum absolute atomic E-state index is 6.30. The third kappa shape index (κ3) is 2.24. The number of benzene rings is 3. The number of hydrogen-bond donors (Lipinski definition) is 2. The number of aromatic nitrogens is 6. The van der Waals surface area contributed by atoms with E-state index < -0.39 is 0 Å². The summed E-state index contributed by atoms with van der Waals surface area (Å²) in [5, 5.41) is 6.66. The van der Waals surface area contributed by atoms with Crippen molar-refractivity contribution in [3.8, 4) is 6.01 Å². The average Bonchev–Trinajstić information content (AvgIpc) is 3.65. The Balaban J connectivity index is 1.50. The molecule has 0 unspecified atom stereocenters. The fraction of sp³-hybridized carbons (Fsp3) is 0. The molecule has 0 spiro atoms. The fourth-order valence-corrected chi connectivity index (χ4v) is 5.65. The highest BCUT2D eigenvalue weighted by molar-refractivity contribution is 6.21. The van der Waals surface area contributed by atoms with E-state index in [-0.39, 0.29) is 0 Å². The summed E-state index contributed by atoms with van der Waals surface area (Å²) in [4.78, 5) is 20.7. The first-order valence-electron chi connectivity index (χ1n) is 11.8. The molecule has 0 saturated heterocycles. The number of oxazole rings is 1. The monoisotopic (exact) mass is 464 g/mol. The van der Waals surface area contributed by atoms with E-state index in [4.69, 9.17) is 9.40 Å². The molecule has 0 atom stereocenters. The number of aromatic amines is 2. The minimum absolute atomic E-state index is 0.547. The number of rotatable bonds is 1. The summed E-state index contributed by atoms with van der Waals surface area (Å²) in [5.41, 5.74) is 7.93. The second kappa shape index (κ2) is 6.28. The second-order valence-electron chi connectivity index (χ2n) is 9.22. The van der Waals surface area contributed by atoms with Crippen LogP contribution in [0, 0.1) is 0 Å². The fourth-order valence-electron chi connectivity index (χ4n) is 5.65. The van der Waals surface area contributed by atoms with Crippen LogP contribution >= 0.6 is 0 Å². The lowest BCUT2D eigenvalue weighted by atomic mass is 10.1. The zero-order valence-electron chi connectivity index (χ0n) is 18.8. The van der Waals surface area contributed by atoms with Crippen LogP contribution in [0.4, 0.5) is 0 Å². The van der Waals surface area contributed by atoms with E-state index in [1.54, 1.807) is 0 Å². The molecule has 0 radical (unpaired) electrons. The van der Waals surface area contributed by atoms with Crippen LogP contribution in [0.2, 0.25) is 0 Å². The first-order valence-corrected chi connectivity index (χ1v) is 11.8. The van der Waals surface area contributed by atoms with Gasteiger partial charge in [-0.15, -0.1) is 0 Å². The van der Waals surface area contributed by atoms with Crippen LogP contribution in [0.5, 0.6) is 0 Å². The van der Waals surface area contributed by atoms with Crippen LogP contribution < -0.4 is 0 Å². The quantitative estimate of drug-likeness (QED) is 0.274. The smallest absolute Gasteiger partial charge is 0.307 e. The van der Waals surface area contributed by atoms with Gasteiger partial charge in [0.15, 0.2) is 5.58 Å². The van der Waals surface area contributed by atoms with E-state index in [0.717, 1.165) is 76.5 Å². The Kier molecular flexibility index (Phi) is 3.17. The van der Waals surface area contributed by atoms with Crippen molar-refractivity contribution in [1.82, 2.24) is 29.5 Å². The minimum atomic E-state index is 0.547. The molecule has 9 aromatic rings. The maximum atomic E-state index is 6.30. The summed E-state index contributed by atoms with van der Waals surface area (Å²) in [6, 6.07) is 21.3. The molecule has 36 heavy (non-hydrogen) atoms. The molecule has 168 valence electrons. The topological polar surface area (TPSA) is 88.3 Å². The molecule has 2 N–H and O–H groups in total.